The quantitative estimate of drug-likeness (QED) is 0.671. The SMILES string of the molecule is COc1ccc(N2CCN(S(=O)(=O)C3=Cc4ccc(OC(F)F)cc4CC3)CC2)cc1. The largest absolute Gasteiger partial charge is 0.497 e. The van der Waals surface area contributed by atoms with Crippen LogP contribution in [0, 0.1) is 0 Å². The van der Waals surface area contributed by atoms with E-state index in [0.717, 1.165) is 22.6 Å². The molecule has 0 radical (unpaired) electrons. The number of nitrogens with zero attached hydrogens (tertiary/aromatic N) is 2. The summed E-state index contributed by atoms with van der Waals surface area (Å²) < 4.78 is 62.4. The Balaban J connectivity index is 1.45. The number of sulfonamides is 1. The number of rotatable bonds is 6. The summed E-state index contributed by atoms with van der Waals surface area (Å²) in [5.74, 6) is 0.866. The highest BCUT2D eigenvalue weighted by Gasteiger charge is 2.31. The molecule has 1 heterocycles. The zero-order valence-corrected chi connectivity index (χ0v) is 17.9. The van der Waals surface area contributed by atoms with Gasteiger partial charge >= 0.3 is 6.61 Å². The Hall–Kier alpha value is -2.65. The maximum Gasteiger partial charge on any atom is 0.387 e. The second-order valence-electron chi connectivity index (χ2n) is 7.44. The first kappa shape index (κ1) is 21.6. The summed E-state index contributed by atoms with van der Waals surface area (Å²) in [5.41, 5.74) is 2.57. The standard InChI is InChI=1S/C22H24F2N2O4S/c1-29-19-7-4-18(5-8-19)25-10-12-26(13-11-25)31(27,28)21-9-3-16-14-20(30-22(23)24)6-2-17(16)15-21/h2,4-8,14-15,22H,3,9-13H2,1H3. The van der Waals surface area contributed by atoms with E-state index in [2.05, 4.69) is 9.64 Å². The lowest BCUT2D eigenvalue weighted by molar-refractivity contribution is -0.0498. The molecule has 6 nitrogen and oxygen atoms in total. The maximum atomic E-state index is 13.2. The number of methoxy groups -OCH3 is 1. The van der Waals surface area contributed by atoms with Crippen molar-refractivity contribution >= 4 is 21.8 Å². The summed E-state index contributed by atoms with van der Waals surface area (Å²) in [6.45, 7) is -0.878. The van der Waals surface area contributed by atoms with Gasteiger partial charge in [-0.15, -0.1) is 0 Å². The molecule has 0 aromatic heterocycles. The van der Waals surface area contributed by atoms with E-state index in [1.807, 2.05) is 24.3 Å². The fourth-order valence-corrected chi connectivity index (χ4v) is 5.58. The van der Waals surface area contributed by atoms with Gasteiger partial charge in [0.2, 0.25) is 10.0 Å². The van der Waals surface area contributed by atoms with Gasteiger partial charge in [0.1, 0.15) is 11.5 Å². The minimum absolute atomic E-state index is 0.0862. The number of halogens is 2. The van der Waals surface area contributed by atoms with Gasteiger partial charge in [-0.3, -0.25) is 0 Å². The van der Waals surface area contributed by atoms with Gasteiger partial charge in [0.05, 0.1) is 12.0 Å². The normalized spacial score (nSPS) is 17.3. The van der Waals surface area contributed by atoms with Crippen LogP contribution in [0.15, 0.2) is 47.4 Å². The molecule has 1 aliphatic carbocycles. The molecule has 1 saturated heterocycles. The number of benzene rings is 2. The molecule has 0 atom stereocenters. The van der Waals surface area contributed by atoms with Crippen molar-refractivity contribution in [3.63, 3.8) is 0 Å². The molecule has 0 spiro atoms. The number of hydrogen-bond donors (Lipinski definition) is 0. The molecule has 2 aromatic rings. The summed E-state index contributed by atoms with van der Waals surface area (Å²) in [7, 11) is -1.96. The van der Waals surface area contributed by atoms with Crippen LogP contribution in [0.2, 0.25) is 0 Å². The van der Waals surface area contributed by atoms with Gasteiger partial charge in [-0.25, -0.2) is 8.42 Å². The molecule has 0 bridgehead atoms. The molecule has 2 aliphatic rings. The topological polar surface area (TPSA) is 59.1 Å². The summed E-state index contributed by atoms with van der Waals surface area (Å²) in [6.07, 6.45) is 2.45. The molecule has 9 heteroatoms. The van der Waals surface area contributed by atoms with E-state index < -0.39 is 16.6 Å². The highest BCUT2D eigenvalue weighted by atomic mass is 32.2. The zero-order chi connectivity index (χ0) is 22.0. The fraction of sp³-hybridized carbons (Fsp3) is 0.364. The van der Waals surface area contributed by atoms with E-state index >= 15 is 0 Å². The lowest BCUT2D eigenvalue weighted by Crippen LogP contribution is -2.49. The molecule has 1 aliphatic heterocycles. The van der Waals surface area contributed by atoms with Crippen LogP contribution in [0.1, 0.15) is 17.5 Å². The highest BCUT2D eigenvalue weighted by Crippen LogP contribution is 2.32. The second kappa shape index (κ2) is 8.84. The molecule has 0 amide bonds. The van der Waals surface area contributed by atoms with Crippen molar-refractivity contribution in [3.05, 3.63) is 58.5 Å². The van der Waals surface area contributed by atoms with Crippen molar-refractivity contribution in [1.82, 2.24) is 4.31 Å². The average Bonchev–Trinajstić information content (AvgIpc) is 2.78. The number of anilines is 1. The number of alkyl halides is 2. The lowest BCUT2D eigenvalue weighted by atomic mass is 9.97. The predicted molar refractivity (Wildman–Crippen MR) is 115 cm³/mol. The van der Waals surface area contributed by atoms with Gasteiger partial charge in [-0.2, -0.15) is 13.1 Å². The van der Waals surface area contributed by atoms with E-state index in [1.54, 1.807) is 25.3 Å². The third-order valence-corrected chi connectivity index (χ3v) is 7.67. The van der Waals surface area contributed by atoms with Gasteiger partial charge < -0.3 is 14.4 Å². The lowest BCUT2D eigenvalue weighted by Gasteiger charge is -2.36. The molecule has 166 valence electrons. The first-order chi connectivity index (χ1) is 14.9. The Morgan fingerprint density at radius 2 is 1.61 bits per heavy atom. The van der Waals surface area contributed by atoms with E-state index in [4.69, 9.17) is 4.74 Å². The van der Waals surface area contributed by atoms with Crippen molar-refractivity contribution in [1.29, 1.82) is 0 Å². The van der Waals surface area contributed by atoms with Crippen molar-refractivity contribution in [2.75, 3.05) is 38.2 Å². The van der Waals surface area contributed by atoms with Crippen molar-refractivity contribution in [3.8, 4) is 11.5 Å². The smallest absolute Gasteiger partial charge is 0.387 e. The van der Waals surface area contributed by atoms with Crippen molar-refractivity contribution in [2.45, 2.75) is 19.5 Å². The van der Waals surface area contributed by atoms with Crippen LogP contribution in [-0.4, -0.2) is 52.6 Å². The van der Waals surface area contributed by atoms with Gasteiger partial charge in [0.15, 0.2) is 0 Å². The van der Waals surface area contributed by atoms with Crippen LogP contribution < -0.4 is 14.4 Å². The molecule has 31 heavy (non-hydrogen) atoms. The molecular weight excluding hydrogens is 426 g/mol. The van der Waals surface area contributed by atoms with Crippen LogP contribution in [0.4, 0.5) is 14.5 Å². The number of fused-ring (bicyclic) bond motifs is 1. The van der Waals surface area contributed by atoms with E-state index in [-0.39, 0.29) is 5.75 Å². The number of piperazine rings is 1. The van der Waals surface area contributed by atoms with Crippen molar-refractivity contribution < 1.29 is 26.7 Å². The molecule has 4 rings (SSSR count). The molecule has 0 saturated carbocycles. The molecule has 0 unspecified atom stereocenters. The van der Waals surface area contributed by atoms with Crippen LogP contribution in [0.25, 0.3) is 6.08 Å². The summed E-state index contributed by atoms with van der Waals surface area (Å²) in [5, 5.41) is 0. The fourth-order valence-electron chi connectivity index (χ4n) is 3.97. The maximum absolute atomic E-state index is 13.2. The Morgan fingerprint density at radius 3 is 2.26 bits per heavy atom. The summed E-state index contributed by atoms with van der Waals surface area (Å²) in [6, 6.07) is 12.3. The van der Waals surface area contributed by atoms with E-state index in [1.165, 1.54) is 10.4 Å². The number of hydrogen-bond acceptors (Lipinski definition) is 5. The molecule has 1 fully saturated rings. The highest BCUT2D eigenvalue weighted by molar-refractivity contribution is 7.93. The Bertz CT molecular complexity index is 1060. The zero-order valence-electron chi connectivity index (χ0n) is 17.1. The Kier molecular flexibility index (Phi) is 6.15. The first-order valence-corrected chi connectivity index (χ1v) is 11.5. The number of allylic oxidation sites excluding steroid dienone is 1. The summed E-state index contributed by atoms with van der Waals surface area (Å²) in [4.78, 5) is 2.51. The van der Waals surface area contributed by atoms with Crippen molar-refractivity contribution in [2.24, 2.45) is 0 Å². The second-order valence-corrected chi connectivity index (χ2v) is 9.43. The third-order valence-electron chi connectivity index (χ3n) is 5.64. The van der Waals surface area contributed by atoms with Gasteiger partial charge in [-0.05, 0) is 66.4 Å². The Labute approximate surface area is 180 Å². The van der Waals surface area contributed by atoms with Crippen LogP contribution in [-0.2, 0) is 16.4 Å². The third kappa shape index (κ3) is 4.67. The number of ether oxygens (including phenoxy) is 2. The van der Waals surface area contributed by atoms with E-state index in [0.29, 0.717) is 43.9 Å². The Morgan fingerprint density at radius 1 is 0.935 bits per heavy atom. The van der Waals surface area contributed by atoms with Crippen LogP contribution >= 0.6 is 0 Å². The minimum atomic E-state index is -3.58. The molecular formula is C22H24F2N2O4S. The van der Waals surface area contributed by atoms with Gasteiger partial charge in [-0.1, -0.05) is 6.07 Å². The summed E-state index contributed by atoms with van der Waals surface area (Å²) >= 11 is 0. The number of aryl methyl sites for hydroxylation is 1. The minimum Gasteiger partial charge on any atom is -0.497 e. The monoisotopic (exact) mass is 450 g/mol. The predicted octanol–water partition coefficient (Wildman–Crippen LogP) is 3.74. The first-order valence-electron chi connectivity index (χ1n) is 10.0. The van der Waals surface area contributed by atoms with Gasteiger partial charge in [0, 0.05) is 31.9 Å². The molecule has 0 N–H and O–H groups in total. The van der Waals surface area contributed by atoms with E-state index in [9.17, 15) is 17.2 Å². The molecule has 2 aromatic carbocycles. The average molecular weight is 451 g/mol. The van der Waals surface area contributed by atoms with Gasteiger partial charge in [0.25, 0.3) is 0 Å². The van der Waals surface area contributed by atoms with Crippen LogP contribution in [0.5, 0.6) is 11.5 Å². The van der Waals surface area contributed by atoms with Crippen LogP contribution in [0.3, 0.4) is 0 Å².